The third-order valence-corrected chi connectivity index (χ3v) is 3.45. The number of nitrogens with zero attached hydrogens (tertiary/aromatic N) is 1. The van der Waals surface area contributed by atoms with Crippen molar-refractivity contribution in [2.24, 2.45) is 11.7 Å². The highest BCUT2D eigenvalue weighted by Crippen LogP contribution is 2.10. The van der Waals surface area contributed by atoms with E-state index in [1.807, 2.05) is 26.0 Å². The summed E-state index contributed by atoms with van der Waals surface area (Å²) in [7, 11) is 1.69. The van der Waals surface area contributed by atoms with Gasteiger partial charge < -0.3 is 16.0 Å². The first-order valence-corrected chi connectivity index (χ1v) is 7.20. The first kappa shape index (κ1) is 17.5. The Kier molecular flexibility index (Phi) is 6.65. The van der Waals surface area contributed by atoms with Crippen LogP contribution < -0.4 is 11.1 Å². The molecule has 1 atom stereocenters. The Morgan fingerprint density at radius 2 is 1.86 bits per heavy atom. The van der Waals surface area contributed by atoms with E-state index in [2.05, 4.69) is 5.32 Å². The minimum atomic E-state index is -0.598. The number of amides is 2. The Morgan fingerprint density at radius 1 is 1.29 bits per heavy atom. The van der Waals surface area contributed by atoms with Crippen molar-refractivity contribution in [3.8, 4) is 0 Å². The van der Waals surface area contributed by atoms with Gasteiger partial charge in [-0.3, -0.25) is 9.59 Å². The lowest BCUT2D eigenvalue weighted by molar-refractivity contribution is -0.132. The van der Waals surface area contributed by atoms with E-state index >= 15 is 0 Å². The molecule has 5 nitrogen and oxygen atoms in total. The number of nitrogens with one attached hydrogen (secondary N) is 1. The maximum absolute atomic E-state index is 12.0. The van der Waals surface area contributed by atoms with Crippen molar-refractivity contribution in [2.75, 3.05) is 13.6 Å². The Hall–Kier alpha value is -1.59. The van der Waals surface area contributed by atoms with Crippen molar-refractivity contribution in [3.05, 3.63) is 34.9 Å². The lowest BCUT2D eigenvalue weighted by Crippen LogP contribution is -2.47. The Balaban J connectivity index is 2.44. The molecule has 1 rings (SSSR count). The normalized spacial score (nSPS) is 12.1. The van der Waals surface area contributed by atoms with Crippen LogP contribution in [-0.4, -0.2) is 36.3 Å². The van der Waals surface area contributed by atoms with Crippen LogP contribution in [0.5, 0.6) is 0 Å². The molecular formula is C15H22ClN3O2. The molecule has 6 heteroatoms. The molecule has 0 aliphatic carbocycles. The van der Waals surface area contributed by atoms with Gasteiger partial charge in [-0.2, -0.15) is 0 Å². The molecule has 1 aromatic rings. The van der Waals surface area contributed by atoms with Crippen molar-refractivity contribution in [3.63, 3.8) is 0 Å². The number of hydrogen-bond donors (Lipinski definition) is 2. The van der Waals surface area contributed by atoms with E-state index in [0.717, 1.165) is 5.56 Å². The van der Waals surface area contributed by atoms with Gasteiger partial charge in [-0.25, -0.2) is 0 Å². The fourth-order valence-electron chi connectivity index (χ4n) is 1.67. The van der Waals surface area contributed by atoms with Gasteiger partial charge in [0.2, 0.25) is 11.8 Å². The molecule has 3 N–H and O–H groups in total. The molecule has 2 amide bonds. The van der Waals surface area contributed by atoms with Crippen molar-refractivity contribution in [1.29, 1.82) is 0 Å². The summed E-state index contributed by atoms with van der Waals surface area (Å²) in [6, 6.07) is 6.68. The highest BCUT2D eigenvalue weighted by atomic mass is 35.5. The standard InChI is InChI=1S/C15H22ClN3O2/c1-10(2)14(17)15(21)18-8-13(20)19(3)9-11-4-6-12(16)7-5-11/h4-7,10,14H,8-9,17H2,1-3H3,(H,18,21)/t14-/m0/s1. The fourth-order valence-corrected chi connectivity index (χ4v) is 1.80. The van der Waals surface area contributed by atoms with E-state index in [4.69, 9.17) is 17.3 Å². The summed E-state index contributed by atoms with van der Waals surface area (Å²) < 4.78 is 0. The number of carbonyl (C=O) groups excluding carboxylic acids is 2. The van der Waals surface area contributed by atoms with Crippen LogP contribution in [0.2, 0.25) is 5.02 Å². The third-order valence-electron chi connectivity index (χ3n) is 3.19. The minimum absolute atomic E-state index is 0.0342. The summed E-state index contributed by atoms with van der Waals surface area (Å²) in [6.07, 6.45) is 0. The number of benzene rings is 1. The number of nitrogens with two attached hydrogens (primary N) is 1. The lowest BCUT2D eigenvalue weighted by Gasteiger charge is -2.19. The molecule has 0 spiro atoms. The fraction of sp³-hybridized carbons (Fsp3) is 0.467. The number of likely N-dealkylation sites (N-methyl/N-ethyl adjacent to an activating group) is 1. The Morgan fingerprint density at radius 3 is 2.38 bits per heavy atom. The smallest absolute Gasteiger partial charge is 0.242 e. The highest BCUT2D eigenvalue weighted by molar-refractivity contribution is 6.30. The molecular weight excluding hydrogens is 290 g/mol. The molecule has 116 valence electrons. The average molecular weight is 312 g/mol. The SMILES string of the molecule is CC(C)[C@H](N)C(=O)NCC(=O)N(C)Cc1ccc(Cl)cc1. The van der Waals surface area contributed by atoms with E-state index in [1.165, 1.54) is 0 Å². The summed E-state index contributed by atoms with van der Waals surface area (Å²) in [5, 5.41) is 3.22. The largest absolute Gasteiger partial charge is 0.346 e. The molecule has 0 aliphatic rings. The van der Waals surface area contributed by atoms with Gasteiger partial charge >= 0.3 is 0 Å². The second-order valence-corrected chi connectivity index (χ2v) is 5.80. The maximum Gasteiger partial charge on any atom is 0.242 e. The maximum atomic E-state index is 12.0. The van der Waals surface area contributed by atoms with Gasteiger partial charge in [0, 0.05) is 18.6 Å². The second-order valence-electron chi connectivity index (χ2n) is 5.36. The molecule has 21 heavy (non-hydrogen) atoms. The molecule has 0 saturated heterocycles. The summed E-state index contributed by atoms with van der Waals surface area (Å²) in [5.41, 5.74) is 6.68. The van der Waals surface area contributed by atoms with Gasteiger partial charge in [-0.1, -0.05) is 37.6 Å². The summed E-state index contributed by atoms with van der Waals surface area (Å²) in [6.45, 7) is 4.13. The number of halogens is 1. The molecule has 0 bridgehead atoms. The first-order valence-electron chi connectivity index (χ1n) is 6.83. The molecule has 0 aromatic heterocycles. The zero-order chi connectivity index (χ0) is 16.0. The predicted molar refractivity (Wildman–Crippen MR) is 83.7 cm³/mol. The highest BCUT2D eigenvalue weighted by Gasteiger charge is 2.18. The van der Waals surface area contributed by atoms with Crippen molar-refractivity contribution >= 4 is 23.4 Å². The molecule has 0 radical (unpaired) electrons. The van der Waals surface area contributed by atoms with Gasteiger partial charge in [0.05, 0.1) is 12.6 Å². The van der Waals surface area contributed by atoms with E-state index in [-0.39, 0.29) is 24.3 Å². The Bertz CT molecular complexity index is 488. The first-order chi connectivity index (χ1) is 9.81. The summed E-state index contributed by atoms with van der Waals surface area (Å²) in [5.74, 6) is -0.445. The van der Waals surface area contributed by atoms with Crippen molar-refractivity contribution < 1.29 is 9.59 Å². The predicted octanol–water partition coefficient (Wildman–Crippen LogP) is 1.40. The van der Waals surface area contributed by atoms with E-state index in [9.17, 15) is 9.59 Å². The van der Waals surface area contributed by atoms with Crippen LogP contribution in [0.1, 0.15) is 19.4 Å². The molecule has 0 aliphatic heterocycles. The van der Waals surface area contributed by atoms with Crippen molar-refractivity contribution in [2.45, 2.75) is 26.4 Å². The molecule has 1 aromatic carbocycles. The number of rotatable bonds is 6. The Labute approximate surface area is 130 Å². The monoisotopic (exact) mass is 311 g/mol. The second kappa shape index (κ2) is 8.00. The topological polar surface area (TPSA) is 75.4 Å². The molecule has 0 unspecified atom stereocenters. The van der Waals surface area contributed by atoms with Crippen LogP contribution in [0.15, 0.2) is 24.3 Å². The van der Waals surface area contributed by atoms with Crippen LogP contribution in [0, 0.1) is 5.92 Å². The lowest BCUT2D eigenvalue weighted by atomic mass is 10.1. The third kappa shape index (κ3) is 5.73. The molecule has 0 heterocycles. The minimum Gasteiger partial charge on any atom is -0.346 e. The van der Waals surface area contributed by atoms with Crippen molar-refractivity contribution in [1.82, 2.24) is 10.2 Å². The van der Waals surface area contributed by atoms with Crippen LogP contribution in [0.3, 0.4) is 0 Å². The van der Waals surface area contributed by atoms with Gasteiger partial charge in [-0.05, 0) is 23.6 Å². The quantitative estimate of drug-likeness (QED) is 0.834. The summed E-state index contributed by atoms with van der Waals surface area (Å²) >= 11 is 5.81. The number of hydrogen-bond acceptors (Lipinski definition) is 3. The average Bonchev–Trinajstić information content (AvgIpc) is 2.45. The van der Waals surface area contributed by atoms with Crippen LogP contribution in [0.25, 0.3) is 0 Å². The zero-order valence-corrected chi connectivity index (χ0v) is 13.4. The van der Waals surface area contributed by atoms with Gasteiger partial charge in [0.25, 0.3) is 0 Å². The van der Waals surface area contributed by atoms with Gasteiger partial charge in [0.1, 0.15) is 0 Å². The van der Waals surface area contributed by atoms with Crippen LogP contribution in [0.4, 0.5) is 0 Å². The van der Waals surface area contributed by atoms with Gasteiger partial charge in [-0.15, -0.1) is 0 Å². The van der Waals surface area contributed by atoms with E-state index < -0.39 is 6.04 Å². The van der Waals surface area contributed by atoms with Crippen LogP contribution in [-0.2, 0) is 16.1 Å². The van der Waals surface area contributed by atoms with Crippen LogP contribution >= 0.6 is 11.6 Å². The zero-order valence-electron chi connectivity index (χ0n) is 12.6. The van der Waals surface area contributed by atoms with E-state index in [1.54, 1.807) is 24.1 Å². The summed E-state index contributed by atoms with van der Waals surface area (Å²) in [4.78, 5) is 25.2. The molecule has 0 saturated carbocycles. The molecule has 0 fully saturated rings. The van der Waals surface area contributed by atoms with Gasteiger partial charge in [0.15, 0.2) is 0 Å². The number of carbonyl (C=O) groups is 2. The van der Waals surface area contributed by atoms with E-state index in [0.29, 0.717) is 11.6 Å².